The Morgan fingerprint density at radius 2 is 1.56 bits per heavy atom. The highest BCUT2D eigenvalue weighted by atomic mass is 16.5. The lowest BCUT2D eigenvalue weighted by molar-refractivity contribution is -0.150. The highest BCUT2D eigenvalue weighted by Gasteiger charge is 2.31. The van der Waals surface area contributed by atoms with Gasteiger partial charge in [-0.15, -0.1) is 0 Å². The zero-order valence-electron chi connectivity index (χ0n) is 16.6. The molecule has 0 spiro atoms. The maximum absolute atomic E-state index is 12.6. The molecule has 1 heterocycles. The highest BCUT2D eigenvalue weighted by Crippen LogP contribution is 2.26. The molecule has 3 rings (SSSR count). The summed E-state index contributed by atoms with van der Waals surface area (Å²) in [5.74, 6) is 0.394. The summed E-state index contributed by atoms with van der Waals surface area (Å²) in [7, 11) is 0. The van der Waals surface area contributed by atoms with Gasteiger partial charge in [-0.2, -0.15) is 0 Å². The Bertz CT molecular complexity index is 720. The summed E-state index contributed by atoms with van der Waals surface area (Å²) in [6.45, 7) is 10.2. The van der Waals surface area contributed by atoms with Crippen molar-refractivity contribution >= 4 is 11.7 Å². The van der Waals surface area contributed by atoms with Crippen molar-refractivity contribution in [1.29, 1.82) is 0 Å². The Kier molecular flexibility index (Phi) is 6.51. The first-order valence-electron chi connectivity index (χ1n) is 9.90. The van der Waals surface area contributed by atoms with Crippen molar-refractivity contribution in [3.63, 3.8) is 0 Å². The molecular weight excluding hydrogens is 336 g/mol. The van der Waals surface area contributed by atoms with Gasteiger partial charge in [0.2, 0.25) is 0 Å². The molecule has 0 bridgehead atoms. The molecule has 1 unspecified atom stereocenters. The van der Waals surface area contributed by atoms with E-state index in [1.165, 1.54) is 11.3 Å². The van der Waals surface area contributed by atoms with E-state index in [-0.39, 0.29) is 12.0 Å². The molecule has 2 aromatic rings. The normalized spacial score (nSPS) is 16.4. The quantitative estimate of drug-likeness (QED) is 0.716. The molecule has 0 amide bonds. The standard InChI is InChI=1S/C23H30N2O2/c1-4-27-23(26)22(20-8-6-5-7-9-20)25-16-14-24(15-17-25)21-12-10-19(11-13-21)18(2)3/h5-13,18,22H,4,14-17H2,1-3H3. The lowest BCUT2D eigenvalue weighted by Gasteiger charge is -2.39. The van der Waals surface area contributed by atoms with E-state index in [1.54, 1.807) is 0 Å². The molecule has 0 radical (unpaired) electrons. The van der Waals surface area contributed by atoms with Crippen molar-refractivity contribution in [2.75, 3.05) is 37.7 Å². The van der Waals surface area contributed by atoms with Crippen LogP contribution in [0.15, 0.2) is 54.6 Å². The minimum atomic E-state index is -0.323. The number of rotatable bonds is 6. The monoisotopic (exact) mass is 366 g/mol. The molecule has 0 aliphatic carbocycles. The molecular formula is C23H30N2O2. The second kappa shape index (κ2) is 9.05. The molecule has 1 aliphatic rings. The number of hydrogen-bond acceptors (Lipinski definition) is 4. The fraction of sp³-hybridized carbons (Fsp3) is 0.435. The van der Waals surface area contributed by atoms with Crippen molar-refractivity contribution in [1.82, 2.24) is 4.90 Å². The van der Waals surface area contributed by atoms with Crippen molar-refractivity contribution in [3.05, 3.63) is 65.7 Å². The number of anilines is 1. The SMILES string of the molecule is CCOC(=O)C(c1ccccc1)N1CCN(c2ccc(C(C)C)cc2)CC1. The van der Waals surface area contributed by atoms with Crippen LogP contribution in [0.3, 0.4) is 0 Å². The molecule has 0 saturated carbocycles. The van der Waals surface area contributed by atoms with Crippen LogP contribution in [0.25, 0.3) is 0 Å². The summed E-state index contributed by atoms with van der Waals surface area (Å²) < 4.78 is 5.36. The van der Waals surface area contributed by atoms with Crippen LogP contribution in [0, 0.1) is 0 Å². The maximum atomic E-state index is 12.6. The van der Waals surface area contributed by atoms with Crippen molar-refractivity contribution in [2.24, 2.45) is 0 Å². The molecule has 0 N–H and O–H groups in total. The Balaban J connectivity index is 1.69. The molecule has 1 fully saturated rings. The topological polar surface area (TPSA) is 32.8 Å². The van der Waals surface area contributed by atoms with Crippen LogP contribution in [-0.2, 0) is 9.53 Å². The molecule has 4 heteroatoms. The molecule has 27 heavy (non-hydrogen) atoms. The molecule has 1 atom stereocenters. The maximum Gasteiger partial charge on any atom is 0.328 e. The zero-order chi connectivity index (χ0) is 19.2. The number of ether oxygens (including phenoxy) is 1. The third-order valence-electron chi connectivity index (χ3n) is 5.23. The molecule has 144 valence electrons. The van der Waals surface area contributed by atoms with Crippen LogP contribution in [0.2, 0.25) is 0 Å². The lowest BCUT2D eigenvalue weighted by Crippen LogP contribution is -2.49. The van der Waals surface area contributed by atoms with Gasteiger partial charge in [0.15, 0.2) is 0 Å². The van der Waals surface area contributed by atoms with Gasteiger partial charge in [-0.25, -0.2) is 4.79 Å². The molecule has 2 aromatic carbocycles. The predicted molar refractivity (Wildman–Crippen MR) is 110 cm³/mol. The van der Waals surface area contributed by atoms with E-state index in [0.29, 0.717) is 12.5 Å². The van der Waals surface area contributed by atoms with Gasteiger partial charge in [-0.1, -0.05) is 56.3 Å². The largest absolute Gasteiger partial charge is 0.465 e. The first-order chi connectivity index (χ1) is 13.1. The first-order valence-corrected chi connectivity index (χ1v) is 9.90. The number of piperazine rings is 1. The number of nitrogens with zero attached hydrogens (tertiary/aromatic N) is 2. The van der Waals surface area contributed by atoms with E-state index in [4.69, 9.17) is 4.74 Å². The van der Waals surface area contributed by atoms with E-state index in [9.17, 15) is 4.79 Å². The van der Waals surface area contributed by atoms with Gasteiger partial charge in [-0.05, 0) is 36.1 Å². The summed E-state index contributed by atoms with van der Waals surface area (Å²) in [5.41, 5.74) is 3.63. The molecule has 1 saturated heterocycles. The fourth-order valence-electron chi connectivity index (χ4n) is 3.66. The van der Waals surface area contributed by atoms with Gasteiger partial charge in [0.1, 0.15) is 6.04 Å². The summed E-state index contributed by atoms with van der Waals surface area (Å²) in [4.78, 5) is 17.3. The van der Waals surface area contributed by atoms with E-state index < -0.39 is 0 Å². The van der Waals surface area contributed by atoms with Gasteiger partial charge in [0.25, 0.3) is 0 Å². The third-order valence-corrected chi connectivity index (χ3v) is 5.23. The summed E-state index contributed by atoms with van der Waals surface area (Å²) in [6.07, 6.45) is 0. The van der Waals surface area contributed by atoms with Crippen molar-refractivity contribution in [3.8, 4) is 0 Å². The Hall–Kier alpha value is -2.33. The van der Waals surface area contributed by atoms with Crippen molar-refractivity contribution < 1.29 is 9.53 Å². The average Bonchev–Trinajstić information content (AvgIpc) is 2.70. The second-order valence-corrected chi connectivity index (χ2v) is 7.33. The van der Waals surface area contributed by atoms with E-state index in [2.05, 4.69) is 47.9 Å². The smallest absolute Gasteiger partial charge is 0.328 e. The van der Waals surface area contributed by atoms with E-state index in [1.807, 2.05) is 37.3 Å². The van der Waals surface area contributed by atoms with Crippen LogP contribution in [0.4, 0.5) is 5.69 Å². The van der Waals surface area contributed by atoms with Gasteiger partial charge >= 0.3 is 5.97 Å². The Labute approximate surface area is 162 Å². The minimum Gasteiger partial charge on any atom is -0.465 e. The van der Waals surface area contributed by atoms with Gasteiger partial charge in [0, 0.05) is 31.9 Å². The first kappa shape index (κ1) is 19.4. The average molecular weight is 367 g/mol. The van der Waals surface area contributed by atoms with Crippen LogP contribution < -0.4 is 4.90 Å². The van der Waals surface area contributed by atoms with Gasteiger partial charge in [0.05, 0.1) is 6.61 Å². The number of esters is 1. The second-order valence-electron chi connectivity index (χ2n) is 7.33. The van der Waals surface area contributed by atoms with Crippen LogP contribution >= 0.6 is 0 Å². The lowest BCUT2D eigenvalue weighted by atomic mass is 10.0. The third kappa shape index (κ3) is 4.69. The molecule has 1 aliphatic heterocycles. The number of hydrogen-bond donors (Lipinski definition) is 0. The zero-order valence-corrected chi connectivity index (χ0v) is 16.6. The summed E-state index contributed by atoms with van der Waals surface area (Å²) >= 11 is 0. The van der Waals surface area contributed by atoms with Gasteiger partial charge in [-0.3, -0.25) is 4.90 Å². The number of carbonyl (C=O) groups excluding carboxylic acids is 1. The Morgan fingerprint density at radius 3 is 2.11 bits per heavy atom. The molecule has 4 nitrogen and oxygen atoms in total. The van der Waals surface area contributed by atoms with E-state index >= 15 is 0 Å². The number of benzene rings is 2. The van der Waals surface area contributed by atoms with Crippen LogP contribution in [-0.4, -0.2) is 43.7 Å². The summed E-state index contributed by atoms with van der Waals surface area (Å²) in [5, 5.41) is 0. The Morgan fingerprint density at radius 1 is 0.926 bits per heavy atom. The van der Waals surface area contributed by atoms with E-state index in [0.717, 1.165) is 31.7 Å². The summed E-state index contributed by atoms with van der Waals surface area (Å²) in [6, 6.07) is 18.5. The van der Waals surface area contributed by atoms with Crippen LogP contribution in [0.5, 0.6) is 0 Å². The highest BCUT2D eigenvalue weighted by molar-refractivity contribution is 5.77. The van der Waals surface area contributed by atoms with Crippen molar-refractivity contribution in [2.45, 2.75) is 32.7 Å². The predicted octanol–water partition coefficient (Wildman–Crippen LogP) is 4.24. The van der Waals surface area contributed by atoms with Gasteiger partial charge < -0.3 is 9.64 Å². The number of carbonyl (C=O) groups is 1. The molecule has 0 aromatic heterocycles. The minimum absolute atomic E-state index is 0.154. The van der Waals surface area contributed by atoms with Crippen LogP contribution in [0.1, 0.15) is 43.9 Å². The fourth-order valence-corrected chi connectivity index (χ4v) is 3.66.